The highest BCUT2D eigenvalue weighted by Crippen LogP contribution is 2.30. The van der Waals surface area contributed by atoms with Crippen molar-refractivity contribution in [2.24, 2.45) is 0 Å². The Morgan fingerprint density at radius 1 is 0.744 bits per heavy atom. The maximum atomic E-state index is 12.6. The van der Waals surface area contributed by atoms with E-state index in [4.69, 9.17) is 14.2 Å². The fourth-order valence-corrected chi connectivity index (χ4v) is 3.83. The van der Waals surface area contributed by atoms with E-state index < -0.39 is 5.91 Å². The number of carbonyl (C=O) groups excluding carboxylic acids is 1. The van der Waals surface area contributed by atoms with Gasteiger partial charge < -0.3 is 19.5 Å². The highest BCUT2D eigenvalue weighted by molar-refractivity contribution is 6.01. The molecule has 0 unspecified atom stereocenters. The zero-order valence-electron chi connectivity index (χ0n) is 21.8. The Kier molecular flexibility index (Phi) is 9.74. The first-order valence-electron chi connectivity index (χ1n) is 12.7. The zero-order valence-corrected chi connectivity index (χ0v) is 21.8. The summed E-state index contributed by atoms with van der Waals surface area (Å²) in [4.78, 5) is 12.6. The minimum atomic E-state index is -0.441. The summed E-state index contributed by atoms with van der Waals surface area (Å²) in [5, 5.41) is 12.4. The Morgan fingerprint density at radius 3 is 2.10 bits per heavy atom. The number of benzene rings is 4. The number of nitriles is 1. The van der Waals surface area contributed by atoms with E-state index in [1.807, 2.05) is 116 Å². The number of nitrogens with zero attached hydrogens (tertiary/aromatic N) is 1. The third-order valence-electron chi connectivity index (χ3n) is 5.82. The predicted octanol–water partition coefficient (Wildman–Crippen LogP) is 6.47. The lowest BCUT2D eigenvalue weighted by Gasteiger charge is -2.15. The second kappa shape index (κ2) is 14.1. The van der Waals surface area contributed by atoms with Gasteiger partial charge in [0.25, 0.3) is 5.91 Å². The van der Waals surface area contributed by atoms with Crippen LogP contribution in [0.5, 0.6) is 17.2 Å². The van der Waals surface area contributed by atoms with Gasteiger partial charge in [0.05, 0.1) is 6.61 Å². The largest absolute Gasteiger partial charge is 0.490 e. The minimum Gasteiger partial charge on any atom is -0.490 e. The van der Waals surface area contributed by atoms with Crippen LogP contribution < -0.4 is 19.5 Å². The highest BCUT2D eigenvalue weighted by Gasteiger charge is 2.12. The normalized spacial score (nSPS) is 10.8. The Balaban J connectivity index is 1.43. The average molecular weight is 519 g/mol. The predicted molar refractivity (Wildman–Crippen MR) is 151 cm³/mol. The van der Waals surface area contributed by atoms with Crippen molar-refractivity contribution >= 4 is 12.0 Å². The van der Waals surface area contributed by atoms with Crippen molar-refractivity contribution < 1.29 is 19.0 Å². The summed E-state index contributed by atoms with van der Waals surface area (Å²) < 4.78 is 17.9. The van der Waals surface area contributed by atoms with Gasteiger partial charge in [0.2, 0.25) is 0 Å². The Labute approximate surface area is 229 Å². The fraction of sp³-hybridized carbons (Fsp3) is 0.152. The van der Waals surface area contributed by atoms with Crippen molar-refractivity contribution in [3.8, 4) is 23.3 Å². The molecule has 0 fully saturated rings. The lowest BCUT2D eigenvalue weighted by molar-refractivity contribution is -0.117. The molecule has 0 aromatic heterocycles. The van der Waals surface area contributed by atoms with Crippen LogP contribution in [-0.2, 0) is 24.6 Å². The molecule has 0 radical (unpaired) electrons. The van der Waals surface area contributed by atoms with Crippen molar-refractivity contribution in [1.82, 2.24) is 5.32 Å². The summed E-state index contributed by atoms with van der Waals surface area (Å²) in [7, 11) is 0. The zero-order chi connectivity index (χ0) is 27.3. The summed E-state index contributed by atoms with van der Waals surface area (Å²) in [5.41, 5.74) is 3.56. The van der Waals surface area contributed by atoms with Crippen molar-refractivity contribution in [3.05, 3.63) is 131 Å². The number of nitrogens with one attached hydrogen (secondary N) is 1. The number of para-hydroxylation sites is 1. The molecule has 39 heavy (non-hydrogen) atoms. The van der Waals surface area contributed by atoms with Gasteiger partial charge >= 0.3 is 0 Å². The lowest BCUT2D eigenvalue weighted by Crippen LogP contribution is -2.23. The van der Waals surface area contributed by atoms with Gasteiger partial charge in [0.15, 0.2) is 11.5 Å². The third kappa shape index (κ3) is 7.98. The average Bonchev–Trinajstić information content (AvgIpc) is 2.99. The van der Waals surface area contributed by atoms with Crippen LogP contribution in [0.1, 0.15) is 29.2 Å². The second-order valence-electron chi connectivity index (χ2n) is 8.65. The monoisotopic (exact) mass is 518 g/mol. The van der Waals surface area contributed by atoms with Crippen LogP contribution in [0.25, 0.3) is 6.08 Å². The van der Waals surface area contributed by atoms with Gasteiger partial charge in [-0.15, -0.1) is 0 Å². The van der Waals surface area contributed by atoms with Gasteiger partial charge in [-0.2, -0.15) is 5.26 Å². The lowest BCUT2D eigenvalue weighted by atomic mass is 10.1. The maximum absolute atomic E-state index is 12.6. The van der Waals surface area contributed by atoms with Gasteiger partial charge in [0, 0.05) is 12.1 Å². The fourth-order valence-electron chi connectivity index (χ4n) is 3.83. The molecule has 6 heteroatoms. The van der Waals surface area contributed by atoms with Crippen molar-refractivity contribution in [2.75, 3.05) is 6.61 Å². The van der Waals surface area contributed by atoms with Crippen LogP contribution in [0.3, 0.4) is 0 Å². The summed E-state index contributed by atoms with van der Waals surface area (Å²) in [5.74, 6) is 1.42. The molecule has 0 spiro atoms. The molecule has 6 nitrogen and oxygen atoms in total. The summed E-state index contributed by atoms with van der Waals surface area (Å²) in [6.07, 6.45) is 1.54. The number of amides is 1. The quantitative estimate of drug-likeness (QED) is 0.172. The van der Waals surface area contributed by atoms with Crippen LogP contribution in [0.2, 0.25) is 0 Å². The van der Waals surface area contributed by atoms with E-state index in [1.165, 1.54) is 0 Å². The van der Waals surface area contributed by atoms with Gasteiger partial charge in [-0.25, -0.2) is 0 Å². The molecular weight excluding hydrogens is 488 g/mol. The number of carbonyl (C=O) groups is 1. The Bertz CT molecular complexity index is 1440. The molecule has 1 amide bonds. The maximum Gasteiger partial charge on any atom is 0.262 e. The van der Waals surface area contributed by atoms with Crippen molar-refractivity contribution in [1.29, 1.82) is 5.26 Å². The van der Waals surface area contributed by atoms with E-state index in [2.05, 4.69) is 5.32 Å². The van der Waals surface area contributed by atoms with E-state index in [1.54, 1.807) is 6.08 Å². The Morgan fingerprint density at radius 2 is 1.38 bits per heavy atom. The van der Waals surface area contributed by atoms with Crippen LogP contribution in [0.4, 0.5) is 0 Å². The van der Waals surface area contributed by atoms with Crippen LogP contribution in [-0.4, -0.2) is 12.5 Å². The van der Waals surface area contributed by atoms with E-state index in [9.17, 15) is 10.1 Å². The SMILES string of the molecule is CCOc1cc(COc2ccccc2/C=C(\C#N)C(=O)NCc2ccccc2)ccc1OCc1ccccc1. The number of rotatable bonds is 12. The molecular formula is C33H30N2O4. The number of hydrogen-bond acceptors (Lipinski definition) is 5. The topological polar surface area (TPSA) is 80.6 Å². The minimum absolute atomic E-state index is 0.000492. The Hall–Kier alpha value is -5.02. The molecule has 0 aliphatic heterocycles. The van der Waals surface area contributed by atoms with Crippen LogP contribution in [0, 0.1) is 11.3 Å². The first kappa shape index (κ1) is 27.0. The first-order chi connectivity index (χ1) is 19.2. The molecule has 4 aromatic carbocycles. The van der Waals surface area contributed by atoms with Gasteiger partial charge in [0.1, 0.15) is 30.6 Å². The first-order valence-corrected chi connectivity index (χ1v) is 12.7. The van der Waals surface area contributed by atoms with E-state index >= 15 is 0 Å². The van der Waals surface area contributed by atoms with Gasteiger partial charge in [-0.05, 0) is 47.9 Å². The second-order valence-corrected chi connectivity index (χ2v) is 8.65. The number of hydrogen-bond donors (Lipinski definition) is 1. The molecule has 1 N–H and O–H groups in total. The molecule has 0 atom stereocenters. The third-order valence-corrected chi connectivity index (χ3v) is 5.82. The van der Waals surface area contributed by atoms with Gasteiger partial charge in [-0.1, -0.05) is 84.9 Å². The highest BCUT2D eigenvalue weighted by atomic mass is 16.5. The summed E-state index contributed by atoms with van der Waals surface area (Å²) >= 11 is 0. The summed E-state index contributed by atoms with van der Waals surface area (Å²) in [6.45, 7) is 3.48. The van der Waals surface area contributed by atoms with E-state index in [0.29, 0.717) is 42.6 Å². The van der Waals surface area contributed by atoms with Crippen molar-refractivity contribution in [3.63, 3.8) is 0 Å². The number of ether oxygens (including phenoxy) is 3. The molecule has 0 aliphatic carbocycles. The molecule has 0 heterocycles. The van der Waals surface area contributed by atoms with Crippen molar-refractivity contribution in [2.45, 2.75) is 26.7 Å². The smallest absolute Gasteiger partial charge is 0.262 e. The molecule has 4 aromatic rings. The standard InChI is InChI=1S/C33H30N2O4/c1-2-37-32-19-27(17-18-31(32)39-23-26-13-7-4-8-14-26)24-38-30-16-10-9-15-28(30)20-29(21-34)33(36)35-22-25-11-5-3-6-12-25/h3-20H,2,22-24H2,1H3,(H,35,36)/b29-20+. The molecule has 0 saturated heterocycles. The van der Waals surface area contributed by atoms with Gasteiger partial charge in [-0.3, -0.25) is 4.79 Å². The van der Waals surface area contributed by atoms with Crippen LogP contribution >= 0.6 is 0 Å². The summed E-state index contributed by atoms with van der Waals surface area (Å²) in [6, 6.07) is 34.5. The van der Waals surface area contributed by atoms with E-state index in [-0.39, 0.29) is 12.2 Å². The molecule has 0 saturated carbocycles. The molecule has 196 valence electrons. The molecule has 4 rings (SSSR count). The molecule has 0 aliphatic rings. The van der Waals surface area contributed by atoms with Crippen LogP contribution in [0.15, 0.2) is 109 Å². The van der Waals surface area contributed by atoms with E-state index in [0.717, 1.165) is 16.7 Å². The molecule has 0 bridgehead atoms.